The molecule has 0 saturated carbocycles. The molecule has 0 bridgehead atoms. The van der Waals surface area contributed by atoms with Crippen LogP contribution in [0.5, 0.6) is 11.5 Å². The van der Waals surface area contributed by atoms with E-state index < -0.39 is 0 Å². The minimum atomic E-state index is -0.148. The van der Waals surface area contributed by atoms with Gasteiger partial charge in [-0.3, -0.25) is 4.79 Å². The van der Waals surface area contributed by atoms with Crippen molar-refractivity contribution in [3.8, 4) is 11.5 Å². The zero-order valence-corrected chi connectivity index (χ0v) is 11.2. The fourth-order valence-corrected chi connectivity index (χ4v) is 2.27. The van der Waals surface area contributed by atoms with Crippen molar-refractivity contribution in [3.05, 3.63) is 52.0 Å². The SMILES string of the molecule is Cc1ccc2c(c1)C(=O)Nc1cc(Br)ccc1O2. The molecule has 0 unspecified atom stereocenters. The van der Waals surface area contributed by atoms with E-state index in [1.807, 2.05) is 43.3 Å². The first-order valence-electron chi connectivity index (χ1n) is 5.53. The molecule has 0 fully saturated rings. The van der Waals surface area contributed by atoms with Gasteiger partial charge in [-0.05, 0) is 37.3 Å². The third-order valence-electron chi connectivity index (χ3n) is 2.79. The van der Waals surface area contributed by atoms with Gasteiger partial charge in [0.2, 0.25) is 0 Å². The lowest BCUT2D eigenvalue weighted by Crippen LogP contribution is -2.10. The standard InChI is InChI=1S/C14H10BrNO2/c1-8-2-4-12-10(6-8)14(17)16-11-7-9(15)3-5-13(11)18-12/h2-7H,1H3,(H,16,17). The minimum absolute atomic E-state index is 0.148. The summed E-state index contributed by atoms with van der Waals surface area (Å²) in [5, 5.41) is 2.85. The Morgan fingerprint density at radius 1 is 1.11 bits per heavy atom. The summed E-state index contributed by atoms with van der Waals surface area (Å²) in [5.41, 5.74) is 2.25. The molecule has 1 aliphatic heterocycles. The Morgan fingerprint density at radius 2 is 1.89 bits per heavy atom. The van der Waals surface area contributed by atoms with E-state index in [0.717, 1.165) is 10.0 Å². The highest BCUT2D eigenvalue weighted by molar-refractivity contribution is 9.10. The van der Waals surface area contributed by atoms with Crippen molar-refractivity contribution in [1.82, 2.24) is 0 Å². The van der Waals surface area contributed by atoms with Gasteiger partial charge in [-0.15, -0.1) is 0 Å². The van der Waals surface area contributed by atoms with Crippen molar-refractivity contribution in [1.29, 1.82) is 0 Å². The maximum Gasteiger partial charge on any atom is 0.259 e. The Bertz CT molecular complexity index is 652. The summed E-state index contributed by atoms with van der Waals surface area (Å²) in [6, 6.07) is 11.1. The summed E-state index contributed by atoms with van der Waals surface area (Å²) < 4.78 is 6.67. The summed E-state index contributed by atoms with van der Waals surface area (Å²) in [4.78, 5) is 12.1. The van der Waals surface area contributed by atoms with Crippen molar-refractivity contribution < 1.29 is 9.53 Å². The highest BCUT2D eigenvalue weighted by Crippen LogP contribution is 2.37. The van der Waals surface area contributed by atoms with Crippen LogP contribution < -0.4 is 10.1 Å². The number of nitrogens with one attached hydrogen (secondary N) is 1. The molecular weight excluding hydrogens is 294 g/mol. The second-order valence-corrected chi connectivity index (χ2v) is 5.11. The first kappa shape index (κ1) is 11.3. The second-order valence-electron chi connectivity index (χ2n) is 4.20. The summed E-state index contributed by atoms with van der Waals surface area (Å²) in [6.45, 7) is 1.95. The van der Waals surface area contributed by atoms with Crippen LogP contribution in [-0.4, -0.2) is 5.91 Å². The number of carbonyl (C=O) groups excluding carboxylic acids is 1. The molecule has 1 amide bonds. The van der Waals surface area contributed by atoms with Gasteiger partial charge >= 0.3 is 0 Å². The lowest BCUT2D eigenvalue weighted by atomic mass is 10.1. The molecule has 18 heavy (non-hydrogen) atoms. The minimum Gasteiger partial charge on any atom is -0.454 e. The maximum absolute atomic E-state index is 12.1. The highest BCUT2D eigenvalue weighted by Gasteiger charge is 2.20. The Morgan fingerprint density at radius 3 is 2.72 bits per heavy atom. The summed E-state index contributed by atoms with van der Waals surface area (Å²) >= 11 is 3.38. The average molecular weight is 304 g/mol. The molecule has 1 N–H and O–H groups in total. The zero-order valence-electron chi connectivity index (χ0n) is 9.66. The van der Waals surface area contributed by atoms with E-state index in [0.29, 0.717) is 22.7 Å². The van der Waals surface area contributed by atoms with Crippen LogP contribution in [0.4, 0.5) is 5.69 Å². The van der Waals surface area contributed by atoms with Crippen LogP contribution in [0, 0.1) is 6.92 Å². The number of amides is 1. The molecule has 0 aliphatic carbocycles. The quantitative estimate of drug-likeness (QED) is 0.795. The molecule has 1 heterocycles. The van der Waals surface area contributed by atoms with E-state index in [-0.39, 0.29) is 5.91 Å². The maximum atomic E-state index is 12.1. The van der Waals surface area contributed by atoms with Gasteiger partial charge in [-0.1, -0.05) is 27.6 Å². The number of rotatable bonds is 0. The van der Waals surface area contributed by atoms with E-state index in [2.05, 4.69) is 21.2 Å². The lowest BCUT2D eigenvalue weighted by Gasteiger charge is -2.07. The normalized spacial score (nSPS) is 12.9. The molecule has 0 radical (unpaired) electrons. The molecule has 0 saturated heterocycles. The predicted molar refractivity (Wildman–Crippen MR) is 73.3 cm³/mol. The van der Waals surface area contributed by atoms with Crippen LogP contribution in [0.25, 0.3) is 0 Å². The number of carbonyl (C=O) groups is 1. The predicted octanol–water partition coefficient (Wildman–Crippen LogP) is 4.12. The molecule has 0 aromatic heterocycles. The fraction of sp³-hybridized carbons (Fsp3) is 0.0714. The third-order valence-corrected chi connectivity index (χ3v) is 3.28. The molecule has 90 valence electrons. The monoisotopic (exact) mass is 303 g/mol. The molecule has 4 heteroatoms. The number of aryl methyl sites for hydroxylation is 1. The van der Waals surface area contributed by atoms with Crippen molar-refractivity contribution in [3.63, 3.8) is 0 Å². The number of hydrogen-bond acceptors (Lipinski definition) is 2. The smallest absolute Gasteiger partial charge is 0.259 e. The number of halogens is 1. The Hall–Kier alpha value is -1.81. The molecule has 2 aromatic rings. The van der Waals surface area contributed by atoms with Crippen LogP contribution in [-0.2, 0) is 0 Å². The molecule has 3 rings (SSSR count). The van der Waals surface area contributed by atoms with Crippen molar-refractivity contribution in [2.75, 3.05) is 5.32 Å². The highest BCUT2D eigenvalue weighted by atomic mass is 79.9. The number of hydrogen-bond donors (Lipinski definition) is 1. The van der Waals surface area contributed by atoms with Crippen molar-refractivity contribution >= 4 is 27.5 Å². The fourth-order valence-electron chi connectivity index (χ4n) is 1.91. The number of benzene rings is 2. The van der Waals surface area contributed by atoms with E-state index in [4.69, 9.17) is 4.74 Å². The molecular formula is C14H10BrNO2. The van der Waals surface area contributed by atoms with E-state index >= 15 is 0 Å². The first-order valence-corrected chi connectivity index (χ1v) is 6.32. The van der Waals surface area contributed by atoms with E-state index in [1.54, 1.807) is 0 Å². The van der Waals surface area contributed by atoms with Crippen molar-refractivity contribution in [2.45, 2.75) is 6.92 Å². The zero-order chi connectivity index (χ0) is 12.7. The summed E-state index contributed by atoms with van der Waals surface area (Å²) in [5.74, 6) is 1.08. The Labute approximate surface area is 113 Å². The third kappa shape index (κ3) is 1.88. The van der Waals surface area contributed by atoms with Gasteiger partial charge < -0.3 is 10.1 Å². The van der Waals surface area contributed by atoms with Crippen LogP contribution in [0.1, 0.15) is 15.9 Å². The summed E-state index contributed by atoms with van der Waals surface area (Å²) in [7, 11) is 0. The van der Waals surface area contributed by atoms with Gasteiger partial charge in [-0.2, -0.15) is 0 Å². The number of ether oxygens (including phenoxy) is 1. The van der Waals surface area contributed by atoms with Gasteiger partial charge in [0.1, 0.15) is 5.75 Å². The Kier molecular flexibility index (Phi) is 2.59. The van der Waals surface area contributed by atoms with Gasteiger partial charge in [-0.25, -0.2) is 0 Å². The van der Waals surface area contributed by atoms with Gasteiger partial charge in [0.15, 0.2) is 5.75 Å². The lowest BCUT2D eigenvalue weighted by molar-refractivity contribution is 0.102. The van der Waals surface area contributed by atoms with E-state index in [9.17, 15) is 4.79 Å². The molecule has 2 aromatic carbocycles. The van der Waals surface area contributed by atoms with Gasteiger partial charge in [0.25, 0.3) is 5.91 Å². The first-order chi connectivity index (χ1) is 8.63. The largest absolute Gasteiger partial charge is 0.454 e. The molecule has 1 aliphatic rings. The van der Waals surface area contributed by atoms with E-state index in [1.165, 1.54) is 0 Å². The van der Waals surface area contributed by atoms with Crippen LogP contribution in [0.2, 0.25) is 0 Å². The summed E-state index contributed by atoms with van der Waals surface area (Å²) in [6.07, 6.45) is 0. The van der Waals surface area contributed by atoms with Crippen LogP contribution >= 0.6 is 15.9 Å². The van der Waals surface area contributed by atoms with Gasteiger partial charge in [0, 0.05) is 4.47 Å². The topological polar surface area (TPSA) is 38.3 Å². The number of anilines is 1. The van der Waals surface area contributed by atoms with Crippen molar-refractivity contribution in [2.24, 2.45) is 0 Å². The Balaban J connectivity index is 2.16. The molecule has 0 atom stereocenters. The second kappa shape index (κ2) is 4.14. The van der Waals surface area contributed by atoms with Crippen LogP contribution in [0.15, 0.2) is 40.9 Å². The number of fused-ring (bicyclic) bond motifs is 2. The van der Waals surface area contributed by atoms with Gasteiger partial charge in [0.05, 0.1) is 11.3 Å². The van der Waals surface area contributed by atoms with Crippen LogP contribution in [0.3, 0.4) is 0 Å². The average Bonchev–Trinajstić information content (AvgIpc) is 2.46. The molecule has 3 nitrogen and oxygen atoms in total. The molecule has 0 spiro atoms.